The summed E-state index contributed by atoms with van der Waals surface area (Å²) in [5.41, 5.74) is 5.30. The predicted molar refractivity (Wildman–Crippen MR) is 50.4 cm³/mol. The summed E-state index contributed by atoms with van der Waals surface area (Å²) in [5.74, 6) is 0. The Balaban J connectivity index is 2.79. The summed E-state index contributed by atoms with van der Waals surface area (Å²) in [7, 11) is 0. The Hall–Kier alpha value is -0.770. The molecule has 1 aliphatic heterocycles. The molecule has 4 nitrogen and oxygen atoms in total. The SMILES string of the molecule is CC(C)N1C(=O)OCC1(C)CCN. The number of carbonyl (C=O) groups is 1. The average Bonchev–Trinajstić information content (AvgIpc) is 2.27. The van der Waals surface area contributed by atoms with Crippen LogP contribution in [0, 0.1) is 0 Å². The van der Waals surface area contributed by atoms with Gasteiger partial charge in [-0.1, -0.05) is 0 Å². The van der Waals surface area contributed by atoms with Crippen molar-refractivity contribution in [3.63, 3.8) is 0 Å². The van der Waals surface area contributed by atoms with Gasteiger partial charge in [-0.05, 0) is 33.7 Å². The van der Waals surface area contributed by atoms with Gasteiger partial charge in [-0.15, -0.1) is 0 Å². The van der Waals surface area contributed by atoms with E-state index < -0.39 is 0 Å². The van der Waals surface area contributed by atoms with Gasteiger partial charge in [0.25, 0.3) is 0 Å². The lowest BCUT2D eigenvalue weighted by Gasteiger charge is -2.34. The Labute approximate surface area is 79.0 Å². The topological polar surface area (TPSA) is 55.6 Å². The van der Waals surface area contributed by atoms with E-state index >= 15 is 0 Å². The Kier molecular flexibility index (Phi) is 2.81. The van der Waals surface area contributed by atoms with Crippen molar-refractivity contribution in [3.05, 3.63) is 0 Å². The van der Waals surface area contributed by atoms with Gasteiger partial charge >= 0.3 is 6.09 Å². The molecule has 76 valence electrons. The second-order valence-corrected chi connectivity index (χ2v) is 4.05. The Morgan fingerprint density at radius 3 is 2.77 bits per heavy atom. The van der Waals surface area contributed by atoms with Crippen LogP contribution in [-0.4, -0.2) is 35.7 Å². The maximum absolute atomic E-state index is 11.4. The summed E-state index contributed by atoms with van der Waals surface area (Å²) >= 11 is 0. The van der Waals surface area contributed by atoms with Crippen LogP contribution in [0.5, 0.6) is 0 Å². The summed E-state index contributed by atoms with van der Waals surface area (Å²) in [4.78, 5) is 13.1. The Morgan fingerprint density at radius 2 is 2.31 bits per heavy atom. The van der Waals surface area contributed by atoms with E-state index in [4.69, 9.17) is 10.5 Å². The summed E-state index contributed by atoms with van der Waals surface area (Å²) in [6.45, 7) is 7.03. The van der Waals surface area contributed by atoms with Crippen molar-refractivity contribution >= 4 is 6.09 Å². The van der Waals surface area contributed by atoms with Crippen molar-refractivity contribution < 1.29 is 9.53 Å². The van der Waals surface area contributed by atoms with E-state index in [1.807, 2.05) is 20.8 Å². The molecule has 13 heavy (non-hydrogen) atoms. The summed E-state index contributed by atoms with van der Waals surface area (Å²) in [6.07, 6.45) is 0.572. The van der Waals surface area contributed by atoms with Crippen LogP contribution in [0.2, 0.25) is 0 Å². The summed E-state index contributed by atoms with van der Waals surface area (Å²) < 4.78 is 5.03. The molecule has 0 aromatic rings. The van der Waals surface area contributed by atoms with Gasteiger partial charge < -0.3 is 10.5 Å². The van der Waals surface area contributed by atoms with Gasteiger partial charge in [-0.25, -0.2) is 4.79 Å². The predicted octanol–water partition coefficient (Wildman–Crippen LogP) is 0.954. The Bertz CT molecular complexity index is 206. The molecule has 0 aromatic carbocycles. The van der Waals surface area contributed by atoms with Gasteiger partial charge in [0.1, 0.15) is 6.61 Å². The molecule has 1 saturated heterocycles. The quantitative estimate of drug-likeness (QED) is 0.714. The van der Waals surface area contributed by atoms with Gasteiger partial charge in [-0.2, -0.15) is 0 Å². The van der Waals surface area contributed by atoms with E-state index in [2.05, 4.69) is 0 Å². The molecule has 0 spiro atoms. The van der Waals surface area contributed by atoms with Crippen LogP contribution in [-0.2, 0) is 4.74 Å². The van der Waals surface area contributed by atoms with Crippen LogP contribution in [0.4, 0.5) is 4.79 Å². The molecule has 0 aliphatic carbocycles. The van der Waals surface area contributed by atoms with E-state index in [0.717, 1.165) is 6.42 Å². The van der Waals surface area contributed by atoms with Crippen molar-refractivity contribution in [1.29, 1.82) is 0 Å². The largest absolute Gasteiger partial charge is 0.447 e. The lowest BCUT2D eigenvalue weighted by molar-refractivity contribution is 0.132. The van der Waals surface area contributed by atoms with Gasteiger partial charge in [-0.3, -0.25) is 4.90 Å². The third-order valence-corrected chi connectivity index (χ3v) is 2.48. The van der Waals surface area contributed by atoms with E-state index in [1.165, 1.54) is 0 Å². The van der Waals surface area contributed by atoms with E-state index in [9.17, 15) is 4.79 Å². The van der Waals surface area contributed by atoms with Gasteiger partial charge in [0.15, 0.2) is 0 Å². The second kappa shape index (κ2) is 3.54. The van der Waals surface area contributed by atoms with Crippen molar-refractivity contribution in [2.75, 3.05) is 13.2 Å². The highest BCUT2D eigenvalue weighted by Gasteiger charge is 2.44. The number of nitrogens with two attached hydrogens (primary N) is 1. The maximum Gasteiger partial charge on any atom is 0.410 e. The molecule has 1 aliphatic rings. The number of nitrogens with zero attached hydrogens (tertiary/aromatic N) is 1. The van der Waals surface area contributed by atoms with Gasteiger partial charge in [0, 0.05) is 6.04 Å². The first-order valence-electron chi connectivity index (χ1n) is 4.67. The molecule has 1 amide bonds. The number of hydrogen-bond donors (Lipinski definition) is 1. The summed E-state index contributed by atoms with van der Waals surface area (Å²) in [5, 5.41) is 0. The molecule has 4 heteroatoms. The van der Waals surface area contributed by atoms with Crippen molar-refractivity contribution in [1.82, 2.24) is 4.90 Å². The Morgan fingerprint density at radius 1 is 1.69 bits per heavy atom. The normalized spacial score (nSPS) is 28.4. The molecule has 1 fully saturated rings. The van der Waals surface area contributed by atoms with Crippen LogP contribution in [0.15, 0.2) is 0 Å². The zero-order valence-corrected chi connectivity index (χ0v) is 8.54. The number of carbonyl (C=O) groups excluding carboxylic acids is 1. The number of ether oxygens (including phenoxy) is 1. The molecule has 1 heterocycles. The van der Waals surface area contributed by atoms with Crippen LogP contribution in [0.3, 0.4) is 0 Å². The third-order valence-electron chi connectivity index (χ3n) is 2.48. The smallest absolute Gasteiger partial charge is 0.410 e. The fraction of sp³-hybridized carbons (Fsp3) is 0.889. The van der Waals surface area contributed by atoms with Gasteiger partial charge in [0.05, 0.1) is 5.54 Å². The van der Waals surface area contributed by atoms with Crippen molar-refractivity contribution in [2.24, 2.45) is 5.73 Å². The number of cyclic esters (lactones) is 1. The summed E-state index contributed by atoms with van der Waals surface area (Å²) in [6, 6.07) is 0.173. The van der Waals surface area contributed by atoms with E-state index in [1.54, 1.807) is 4.90 Å². The van der Waals surface area contributed by atoms with Crippen LogP contribution in [0.1, 0.15) is 27.2 Å². The first kappa shape index (κ1) is 10.3. The highest BCUT2D eigenvalue weighted by Crippen LogP contribution is 2.28. The number of rotatable bonds is 3. The molecule has 0 radical (unpaired) electrons. The van der Waals surface area contributed by atoms with E-state index in [0.29, 0.717) is 13.2 Å². The van der Waals surface area contributed by atoms with Crippen molar-refractivity contribution in [3.8, 4) is 0 Å². The minimum atomic E-state index is -0.217. The lowest BCUT2D eigenvalue weighted by atomic mass is 9.96. The third kappa shape index (κ3) is 1.77. The number of hydrogen-bond acceptors (Lipinski definition) is 3. The molecule has 1 unspecified atom stereocenters. The maximum atomic E-state index is 11.4. The molecule has 0 saturated carbocycles. The molecule has 0 bridgehead atoms. The van der Waals surface area contributed by atoms with Crippen molar-refractivity contribution in [2.45, 2.75) is 38.8 Å². The minimum Gasteiger partial charge on any atom is -0.447 e. The molecule has 2 N–H and O–H groups in total. The molecule has 1 rings (SSSR count). The highest BCUT2D eigenvalue weighted by molar-refractivity contribution is 5.71. The van der Waals surface area contributed by atoms with Crippen LogP contribution in [0.25, 0.3) is 0 Å². The first-order chi connectivity index (χ1) is 6.01. The van der Waals surface area contributed by atoms with Gasteiger partial charge in [0.2, 0.25) is 0 Å². The minimum absolute atomic E-state index is 0.173. The fourth-order valence-electron chi connectivity index (χ4n) is 1.91. The van der Waals surface area contributed by atoms with Crippen LogP contribution < -0.4 is 5.73 Å². The zero-order valence-electron chi connectivity index (χ0n) is 8.54. The molecule has 0 aromatic heterocycles. The van der Waals surface area contributed by atoms with E-state index in [-0.39, 0.29) is 17.7 Å². The first-order valence-corrected chi connectivity index (χ1v) is 4.67. The highest BCUT2D eigenvalue weighted by atomic mass is 16.6. The number of amides is 1. The second-order valence-electron chi connectivity index (χ2n) is 4.05. The fourth-order valence-corrected chi connectivity index (χ4v) is 1.91. The zero-order chi connectivity index (χ0) is 10.1. The average molecular weight is 186 g/mol. The molecular weight excluding hydrogens is 168 g/mol. The lowest BCUT2D eigenvalue weighted by Crippen LogP contribution is -2.49. The standard InChI is InChI=1S/C9H18N2O2/c1-7(2)11-8(12)13-6-9(11,3)4-5-10/h7H,4-6,10H2,1-3H3. The monoisotopic (exact) mass is 186 g/mol. The molecular formula is C9H18N2O2. The van der Waals surface area contributed by atoms with Crippen LogP contribution >= 0.6 is 0 Å². The molecule has 1 atom stereocenters.